The zero-order valence-electron chi connectivity index (χ0n) is 9.16. The van der Waals surface area contributed by atoms with Gasteiger partial charge in [0.05, 0.1) is 13.0 Å². The van der Waals surface area contributed by atoms with Gasteiger partial charge < -0.3 is 9.80 Å². The van der Waals surface area contributed by atoms with Gasteiger partial charge >= 0.3 is 6.18 Å². The fourth-order valence-electron chi connectivity index (χ4n) is 2.32. The molecule has 2 rings (SSSR count). The van der Waals surface area contributed by atoms with Crippen LogP contribution in [0.1, 0.15) is 19.3 Å². The van der Waals surface area contributed by atoms with Crippen molar-refractivity contribution in [3.8, 4) is 0 Å². The first-order valence-corrected chi connectivity index (χ1v) is 5.53. The Kier molecular flexibility index (Phi) is 3.01. The Morgan fingerprint density at radius 2 is 2.00 bits per heavy atom. The van der Waals surface area contributed by atoms with Crippen LogP contribution in [0.4, 0.5) is 13.2 Å². The molecule has 0 radical (unpaired) electrons. The van der Waals surface area contributed by atoms with Crippen LogP contribution in [0.3, 0.4) is 0 Å². The molecular formula is C10H13F3N2O2. The van der Waals surface area contributed by atoms with E-state index in [2.05, 4.69) is 0 Å². The maximum Gasteiger partial charge on any atom is 0.390 e. The van der Waals surface area contributed by atoms with E-state index < -0.39 is 25.2 Å². The minimum absolute atomic E-state index is 0.217. The summed E-state index contributed by atoms with van der Waals surface area (Å²) in [6, 6.07) is -0.524. The van der Waals surface area contributed by atoms with E-state index in [0.717, 1.165) is 11.3 Å². The monoisotopic (exact) mass is 250 g/mol. The number of nitrogens with zero attached hydrogens (tertiary/aromatic N) is 2. The summed E-state index contributed by atoms with van der Waals surface area (Å²) in [4.78, 5) is 25.9. The Hall–Kier alpha value is -1.27. The number of amides is 2. The fraction of sp³-hybridized carbons (Fsp3) is 0.800. The molecule has 0 aromatic heterocycles. The minimum Gasteiger partial charge on any atom is -0.331 e. The molecule has 0 spiro atoms. The second-order valence-electron chi connectivity index (χ2n) is 4.37. The Morgan fingerprint density at radius 3 is 2.65 bits per heavy atom. The molecular weight excluding hydrogens is 237 g/mol. The lowest BCUT2D eigenvalue weighted by Gasteiger charge is -2.36. The molecule has 1 unspecified atom stereocenters. The number of fused-ring (bicyclic) bond motifs is 1. The van der Waals surface area contributed by atoms with Crippen LogP contribution in [0.25, 0.3) is 0 Å². The third-order valence-electron chi connectivity index (χ3n) is 3.16. The molecule has 7 heteroatoms. The van der Waals surface area contributed by atoms with Crippen molar-refractivity contribution in [1.82, 2.24) is 9.80 Å². The zero-order chi connectivity index (χ0) is 12.6. The van der Waals surface area contributed by atoms with Crippen LogP contribution < -0.4 is 0 Å². The van der Waals surface area contributed by atoms with E-state index in [1.54, 1.807) is 0 Å². The highest BCUT2D eigenvalue weighted by Gasteiger charge is 2.42. The van der Waals surface area contributed by atoms with Gasteiger partial charge in [0.25, 0.3) is 0 Å². The van der Waals surface area contributed by atoms with Gasteiger partial charge in [-0.2, -0.15) is 13.2 Å². The molecule has 4 nitrogen and oxygen atoms in total. The first-order chi connectivity index (χ1) is 7.88. The number of carbonyl (C=O) groups excluding carboxylic acids is 2. The number of rotatable bonds is 2. The van der Waals surface area contributed by atoms with Gasteiger partial charge in [0.2, 0.25) is 11.8 Å². The lowest BCUT2D eigenvalue weighted by Crippen LogP contribution is -2.57. The van der Waals surface area contributed by atoms with E-state index in [1.165, 1.54) is 4.90 Å². The van der Waals surface area contributed by atoms with Crippen molar-refractivity contribution in [3.05, 3.63) is 0 Å². The van der Waals surface area contributed by atoms with Gasteiger partial charge in [-0.25, -0.2) is 0 Å². The number of hydrogen-bond acceptors (Lipinski definition) is 2. The maximum atomic E-state index is 12.1. The summed E-state index contributed by atoms with van der Waals surface area (Å²) in [5, 5.41) is 0. The molecule has 2 amide bonds. The standard InChI is InChI=1S/C10H13F3N2O2/c11-10(12,13)3-5-14-6-8(16)15-4-1-2-7(15)9(14)17/h7H,1-6H2. The highest BCUT2D eigenvalue weighted by Crippen LogP contribution is 2.25. The largest absolute Gasteiger partial charge is 0.390 e. The number of halogens is 3. The molecule has 0 aromatic rings. The molecule has 0 saturated carbocycles. The smallest absolute Gasteiger partial charge is 0.331 e. The van der Waals surface area contributed by atoms with E-state index in [-0.39, 0.29) is 18.4 Å². The van der Waals surface area contributed by atoms with E-state index in [1.807, 2.05) is 0 Å². The van der Waals surface area contributed by atoms with Gasteiger partial charge in [-0.05, 0) is 12.8 Å². The van der Waals surface area contributed by atoms with Crippen LogP contribution in [0.15, 0.2) is 0 Å². The van der Waals surface area contributed by atoms with Crippen molar-refractivity contribution >= 4 is 11.8 Å². The second-order valence-corrected chi connectivity index (χ2v) is 4.37. The highest BCUT2D eigenvalue weighted by molar-refractivity contribution is 5.95. The summed E-state index contributed by atoms with van der Waals surface area (Å²) >= 11 is 0. The summed E-state index contributed by atoms with van der Waals surface area (Å²) in [6.45, 7) is -0.0911. The topological polar surface area (TPSA) is 40.6 Å². The van der Waals surface area contributed by atoms with Gasteiger partial charge in [-0.1, -0.05) is 0 Å². The number of piperazine rings is 1. The van der Waals surface area contributed by atoms with Crippen LogP contribution in [0.5, 0.6) is 0 Å². The lowest BCUT2D eigenvalue weighted by molar-refractivity contribution is -0.160. The summed E-state index contributed by atoms with van der Waals surface area (Å²) < 4.78 is 36.2. The molecule has 2 saturated heterocycles. The minimum atomic E-state index is -4.30. The Balaban J connectivity index is 2.00. The van der Waals surface area contributed by atoms with E-state index in [9.17, 15) is 22.8 Å². The van der Waals surface area contributed by atoms with Crippen LogP contribution >= 0.6 is 0 Å². The van der Waals surface area contributed by atoms with Crippen molar-refractivity contribution in [2.45, 2.75) is 31.5 Å². The van der Waals surface area contributed by atoms with Crippen LogP contribution in [-0.4, -0.2) is 53.5 Å². The van der Waals surface area contributed by atoms with E-state index in [0.29, 0.717) is 13.0 Å². The van der Waals surface area contributed by atoms with Crippen molar-refractivity contribution in [1.29, 1.82) is 0 Å². The predicted octanol–water partition coefficient (Wildman–Crippen LogP) is 0.772. The Labute approximate surface area is 96.4 Å². The van der Waals surface area contributed by atoms with E-state index in [4.69, 9.17) is 0 Å². The molecule has 0 N–H and O–H groups in total. The molecule has 0 bridgehead atoms. The molecule has 2 heterocycles. The first kappa shape index (κ1) is 12.2. The molecule has 96 valence electrons. The van der Waals surface area contributed by atoms with Crippen molar-refractivity contribution in [2.75, 3.05) is 19.6 Å². The third kappa shape index (κ3) is 2.53. The molecule has 2 fully saturated rings. The Bertz CT molecular complexity index is 343. The molecule has 2 aliphatic heterocycles. The van der Waals surface area contributed by atoms with Crippen LogP contribution in [0.2, 0.25) is 0 Å². The normalized spacial score (nSPS) is 25.5. The van der Waals surface area contributed by atoms with Gasteiger partial charge in [-0.3, -0.25) is 9.59 Å². The predicted molar refractivity (Wildman–Crippen MR) is 52.0 cm³/mol. The van der Waals surface area contributed by atoms with Gasteiger partial charge in [0, 0.05) is 13.1 Å². The summed E-state index contributed by atoms with van der Waals surface area (Å²) in [6.07, 6.45) is -4.04. The fourth-order valence-corrected chi connectivity index (χ4v) is 2.32. The first-order valence-electron chi connectivity index (χ1n) is 5.53. The maximum absolute atomic E-state index is 12.1. The molecule has 1 atom stereocenters. The Morgan fingerprint density at radius 1 is 1.29 bits per heavy atom. The third-order valence-corrected chi connectivity index (χ3v) is 3.16. The number of carbonyl (C=O) groups is 2. The second kappa shape index (κ2) is 4.19. The van der Waals surface area contributed by atoms with Crippen LogP contribution in [0, 0.1) is 0 Å². The number of alkyl halides is 3. The van der Waals surface area contributed by atoms with Crippen molar-refractivity contribution < 1.29 is 22.8 Å². The van der Waals surface area contributed by atoms with Gasteiger partial charge in [-0.15, -0.1) is 0 Å². The number of hydrogen-bond donors (Lipinski definition) is 0. The SMILES string of the molecule is O=C1C2CCCN2C(=O)CN1CCC(F)(F)F. The summed E-state index contributed by atoms with van der Waals surface area (Å²) in [5.74, 6) is -0.583. The van der Waals surface area contributed by atoms with Crippen molar-refractivity contribution in [3.63, 3.8) is 0 Å². The molecule has 0 aliphatic carbocycles. The lowest BCUT2D eigenvalue weighted by atomic mass is 10.1. The average molecular weight is 250 g/mol. The molecule has 17 heavy (non-hydrogen) atoms. The van der Waals surface area contributed by atoms with Crippen LogP contribution in [-0.2, 0) is 9.59 Å². The molecule has 2 aliphatic rings. The summed E-state index contributed by atoms with van der Waals surface area (Å²) in [5.41, 5.74) is 0. The zero-order valence-corrected chi connectivity index (χ0v) is 9.16. The highest BCUT2D eigenvalue weighted by atomic mass is 19.4. The average Bonchev–Trinajstić information content (AvgIpc) is 2.69. The van der Waals surface area contributed by atoms with Crippen molar-refractivity contribution in [2.24, 2.45) is 0 Å². The quantitative estimate of drug-likeness (QED) is 0.726. The molecule has 0 aromatic carbocycles. The van der Waals surface area contributed by atoms with Gasteiger partial charge in [0.1, 0.15) is 6.04 Å². The van der Waals surface area contributed by atoms with E-state index >= 15 is 0 Å². The van der Waals surface area contributed by atoms with Gasteiger partial charge in [0.15, 0.2) is 0 Å². The summed E-state index contributed by atoms with van der Waals surface area (Å²) in [7, 11) is 0.